The second-order valence-electron chi connectivity index (χ2n) is 8.06. The molecule has 0 radical (unpaired) electrons. The fourth-order valence-corrected chi connectivity index (χ4v) is 4.51. The van der Waals surface area contributed by atoms with Crippen molar-refractivity contribution in [3.05, 3.63) is 35.4 Å². The Morgan fingerprint density at radius 3 is 2.67 bits per heavy atom. The SMILES string of the molecule is O=C1CC2(CCN(C(=O)C3CCOC3)CC2)CN1Cc1ccc(F)c(F)c1. The third-order valence-electron chi connectivity index (χ3n) is 6.18. The minimum absolute atomic E-state index is 0.0193. The topological polar surface area (TPSA) is 49.9 Å². The normalized spacial score (nSPS) is 24.8. The quantitative estimate of drug-likeness (QED) is 0.811. The Kier molecular flexibility index (Phi) is 4.88. The zero-order chi connectivity index (χ0) is 19.0. The number of rotatable bonds is 3. The van der Waals surface area contributed by atoms with Crippen LogP contribution in [0.4, 0.5) is 8.78 Å². The van der Waals surface area contributed by atoms with E-state index in [0.717, 1.165) is 31.4 Å². The van der Waals surface area contributed by atoms with E-state index in [9.17, 15) is 18.4 Å². The van der Waals surface area contributed by atoms with Gasteiger partial charge < -0.3 is 14.5 Å². The number of ether oxygens (including phenoxy) is 1. The highest BCUT2D eigenvalue weighted by molar-refractivity contribution is 5.81. The van der Waals surface area contributed by atoms with E-state index in [0.29, 0.717) is 51.4 Å². The molecule has 1 aromatic rings. The summed E-state index contributed by atoms with van der Waals surface area (Å²) in [5.41, 5.74) is 0.478. The number of piperidine rings is 1. The average molecular weight is 378 g/mol. The fraction of sp³-hybridized carbons (Fsp3) is 0.600. The number of carbonyl (C=O) groups is 2. The molecular formula is C20H24F2N2O3. The number of amides is 2. The van der Waals surface area contributed by atoms with Gasteiger partial charge in [0.25, 0.3) is 0 Å². The van der Waals surface area contributed by atoms with E-state index < -0.39 is 11.6 Å². The Bertz CT molecular complexity index is 741. The molecule has 0 N–H and O–H groups in total. The maximum atomic E-state index is 13.4. The lowest BCUT2D eigenvalue weighted by molar-refractivity contribution is -0.137. The number of carbonyl (C=O) groups excluding carboxylic acids is 2. The third kappa shape index (κ3) is 3.70. The summed E-state index contributed by atoms with van der Waals surface area (Å²) in [5, 5.41) is 0. The molecule has 0 aromatic heterocycles. The summed E-state index contributed by atoms with van der Waals surface area (Å²) in [7, 11) is 0. The van der Waals surface area contributed by atoms with Crippen LogP contribution in [0.5, 0.6) is 0 Å². The van der Waals surface area contributed by atoms with Crippen LogP contribution in [0.25, 0.3) is 0 Å². The van der Waals surface area contributed by atoms with E-state index in [1.807, 2.05) is 4.90 Å². The van der Waals surface area contributed by atoms with Crippen molar-refractivity contribution < 1.29 is 23.1 Å². The number of halogens is 2. The van der Waals surface area contributed by atoms with Gasteiger partial charge in [0.2, 0.25) is 11.8 Å². The predicted molar refractivity (Wildman–Crippen MR) is 93.6 cm³/mol. The van der Waals surface area contributed by atoms with Crippen molar-refractivity contribution in [3.8, 4) is 0 Å². The Morgan fingerprint density at radius 1 is 1.22 bits per heavy atom. The molecule has 3 aliphatic rings. The third-order valence-corrected chi connectivity index (χ3v) is 6.18. The summed E-state index contributed by atoms with van der Waals surface area (Å²) in [5.74, 6) is -1.58. The van der Waals surface area contributed by atoms with E-state index in [1.54, 1.807) is 4.90 Å². The first-order valence-electron chi connectivity index (χ1n) is 9.54. The Labute approximate surface area is 157 Å². The molecule has 0 bridgehead atoms. The first-order valence-corrected chi connectivity index (χ1v) is 9.54. The number of likely N-dealkylation sites (tertiary alicyclic amines) is 2. The van der Waals surface area contributed by atoms with Crippen molar-refractivity contribution in [3.63, 3.8) is 0 Å². The van der Waals surface area contributed by atoms with Crippen LogP contribution in [0.3, 0.4) is 0 Å². The van der Waals surface area contributed by atoms with Crippen molar-refractivity contribution >= 4 is 11.8 Å². The number of hydrogen-bond acceptors (Lipinski definition) is 3. The summed E-state index contributed by atoms with van der Waals surface area (Å²) in [6, 6.07) is 3.76. The molecule has 3 saturated heterocycles. The molecule has 1 unspecified atom stereocenters. The van der Waals surface area contributed by atoms with Gasteiger partial charge in [-0.15, -0.1) is 0 Å². The molecule has 4 rings (SSSR count). The molecule has 3 fully saturated rings. The van der Waals surface area contributed by atoms with Gasteiger partial charge in [-0.2, -0.15) is 0 Å². The largest absolute Gasteiger partial charge is 0.381 e. The van der Waals surface area contributed by atoms with E-state index in [4.69, 9.17) is 4.74 Å². The summed E-state index contributed by atoms with van der Waals surface area (Å²) in [6.07, 6.45) is 2.85. The molecule has 5 nitrogen and oxygen atoms in total. The fourth-order valence-electron chi connectivity index (χ4n) is 4.51. The van der Waals surface area contributed by atoms with Crippen LogP contribution in [-0.4, -0.2) is 54.5 Å². The molecule has 1 aromatic carbocycles. The van der Waals surface area contributed by atoms with E-state index in [-0.39, 0.29) is 23.1 Å². The van der Waals surface area contributed by atoms with Crippen molar-refractivity contribution in [1.29, 1.82) is 0 Å². The second kappa shape index (κ2) is 7.19. The van der Waals surface area contributed by atoms with Crippen LogP contribution in [0.1, 0.15) is 31.2 Å². The van der Waals surface area contributed by atoms with Crippen LogP contribution in [0.15, 0.2) is 18.2 Å². The molecule has 7 heteroatoms. The minimum Gasteiger partial charge on any atom is -0.381 e. The lowest BCUT2D eigenvalue weighted by Gasteiger charge is -2.39. The molecule has 0 saturated carbocycles. The molecule has 146 valence electrons. The Hall–Kier alpha value is -2.02. The maximum Gasteiger partial charge on any atom is 0.228 e. The van der Waals surface area contributed by atoms with Crippen molar-refractivity contribution in [2.75, 3.05) is 32.8 Å². The number of nitrogens with zero attached hydrogens (tertiary/aromatic N) is 2. The van der Waals surface area contributed by atoms with Crippen molar-refractivity contribution in [2.45, 2.75) is 32.2 Å². The number of benzene rings is 1. The monoisotopic (exact) mass is 378 g/mol. The first-order chi connectivity index (χ1) is 13.0. The van der Waals surface area contributed by atoms with Crippen LogP contribution in [0, 0.1) is 23.0 Å². The summed E-state index contributed by atoms with van der Waals surface area (Å²) >= 11 is 0. The van der Waals surface area contributed by atoms with Gasteiger partial charge in [0, 0.05) is 44.6 Å². The molecule has 3 heterocycles. The summed E-state index contributed by atoms with van der Waals surface area (Å²) in [4.78, 5) is 28.7. The molecular weight excluding hydrogens is 354 g/mol. The van der Waals surface area contributed by atoms with Gasteiger partial charge in [0.15, 0.2) is 11.6 Å². The van der Waals surface area contributed by atoms with Crippen molar-refractivity contribution in [1.82, 2.24) is 9.80 Å². The molecule has 2 amide bonds. The van der Waals surface area contributed by atoms with Gasteiger partial charge in [-0.25, -0.2) is 8.78 Å². The van der Waals surface area contributed by atoms with Gasteiger partial charge in [0.1, 0.15) is 0 Å². The zero-order valence-corrected chi connectivity index (χ0v) is 15.3. The molecule has 1 atom stereocenters. The molecule has 1 spiro atoms. The van der Waals surface area contributed by atoms with Crippen LogP contribution < -0.4 is 0 Å². The van der Waals surface area contributed by atoms with Crippen LogP contribution in [-0.2, 0) is 20.9 Å². The standard InChI is InChI=1S/C20H24F2N2O3/c21-16-2-1-14(9-17(16)22)11-24-13-20(10-18(24)25)4-6-23(7-5-20)19(26)15-3-8-27-12-15/h1-2,9,15H,3-8,10-13H2. The molecule has 27 heavy (non-hydrogen) atoms. The average Bonchev–Trinajstić information content (AvgIpc) is 3.28. The lowest BCUT2D eigenvalue weighted by Crippen LogP contribution is -2.46. The molecule has 0 aliphatic carbocycles. The highest BCUT2D eigenvalue weighted by atomic mass is 19.2. The summed E-state index contributed by atoms with van der Waals surface area (Å²) < 4.78 is 31.8. The van der Waals surface area contributed by atoms with Crippen LogP contribution in [0.2, 0.25) is 0 Å². The number of hydrogen-bond donors (Lipinski definition) is 0. The highest BCUT2D eigenvalue weighted by Crippen LogP contribution is 2.42. The highest BCUT2D eigenvalue weighted by Gasteiger charge is 2.45. The van der Waals surface area contributed by atoms with Gasteiger partial charge in [-0.05, 0) is 37.0 Å². The van der Waals surface area contributed by atoms with Gasteiger partial charge >= 0.3 is 0 Å². The second-order valence-corrected chi connectivity index (χ2v) is 8.06. The van der Waals surface area contributed by atoms with Crippen molar-refractivity contribution in [2.24, 2.45) is 11.3 Å². The smallest absolute Gasteiger partial charge is 0.228 e. The maximum absolute atomic E-state index is 13.4. The van der Waals surface area contributed by atoms with E-state index in [1.165, 1.54) is 6.07 Å². The first kappa shape index (κ1) is 18.3. The van der Waals surface area contributed by atoms with Gasteiger partial charge in [-0.1, -0.05) is 6.07 Å². The van der Waals surface area contributed by atoms with E-state index in [2.05, 4.69) is 0 Å². The Morgan fingerprint density at radius 2 is 2.00 bits per heavy atom. The lowest BCUT2D eigenvalue weighted by atomic mass is 9.77. The Balaban J connectivity index is 1.36. The summed E-state index contributed by atoms with van der Waals surface area (Å²) in [6.45, 7) is 3.41. The molecule has 3 aliphatic heterocycles. The van der Waals surface area contributed by atoms with Gasteiger partial charge in [-0.3, -0.25) is 9.59 Å². The van der Waals surface area contributed by atoms with Gasteiger partial charge in [0.05, 0.1) is 12.5 Å². The minimum atomic E-state index is -0.892. The zero-order valence-electron chi connectivity index (χ0n) is 15.3. The predicted octanol–water partition coefficient (Wildman–Crippen LogP) is 2.34. The van der Waals surface area contributed by atoms with Crippen LogP contribution >= 0.6 is 0 Å². The van der Waals surface area contributed by atoms with E-state index >= 15 is 0 Å².